The maximum Gasteiger partial charge on any atom is 0.251 e. The van der Waals surface area contributed by atoms with Gasteiger partial charge >= 0.3 is 0 Å². The van der Waals surface area contributed by atoms with Crippen LogP contribution in [-0.4, -0.2) is 5.91 Å². The summed E-state index contributed by atoms with van der Waals surface area (Å²) in [4.78, 5) is 11.6. The number of aryl methyl sites for hydroxylation is 1. The van der Waals surface area contributed by atoms with Crippen LogP contribution in [-0.2, 0) is 6.42 Å². The van der Waals surface area contributed by atoms with Gasteiger partial charge in [-0.2, -0.15) is 0 Å². The molecule has 0 unspecified atom stereocenters. The molecule has 1 rings (SSSR count). The van der Waals surface area contributed by atoms with Crippen LogP contribution in [0.25, 0.3) is 0 Å². The molecule has 0 fully saturated rings. The number of rotatable bonds is 4. The first kappa shape index (κ1) is 10.8. The molecular formula is C12H16NO. The van der Waals surface area contributed by atoms with E-state index in [4.69, 9.17) is 0 Å². The van der Waals surface area contributed by atoms with Crippen LogP contribution in [0.3, 0.4) is 0 Å². The van der Waals surface area contributed by atoms with Gasteiger partial charge in [0.15, 0.2) is 0 Å². The topological polar surface area (TPSA) is 29.1 Å². The van der Waals surface area contributed by atoms with Crippen LogP contribution in [0.2, 0.25) is 0 Å². The Bertz CT molecular complexity index is 307. The molecule has 0 aliphatic heterocycles. The number of nitrogens with one attached hydrogen (secondary N) is 1. The Labute approximate surface area is 85.3 Å². The molecule has 0 saturated heterocycles. The molecule has 0 heterocycles. The van der Waals surface area contributed by atoms with Crippen LogP contribution in [0.5, 0.6) is 0 Å². The van der Waals surface area contributed by atoms with Crippen molar-refractivity contribution in [2.45, 2.75) is 26.7 Å². The third-order valence-corrected chi connectivity index (χ3v) is 2.08. The second-order valence-corrected chi connectivity index (χ2v) is 3.10. The maximum atomic E-state index is 11.6. The van der Waals surface area contributed by atoms with Gasteiger partial charge in [-0.15, -0.1) is 0 Å². The average Bonchev–Trinajstić information content (AvgIpc) is 2.25. The molecule has 0 aliphatic rings. The van der Waals surface area contributed by atoms with Crippen LogP contribution >= 0.6 is 0 Å². The van der Waals surface area contributed by atoms with Crippen LogP contribution in [0, 0.1) is 6.54 Å². The first-order valence-electron chi connectivity index (χ1n) is 5.00. The number of hydrogen-bond acceptors (Lipinski definition) is 1. The van der Waals surface area contributed by atoms with Crippen molar-refractivity contribution in [3.63, 3.8) is 0 Å². The number of carbonyl (C=O) groups is 1. The van der Waals surface area contributed by atoms with Crippen molar-refractivity contribution in [1.82, 2.24) is 5.32 Å². The molecule has 1 N–H and O–H groups in total. The van der Waals surface area contributed by atoms with E-state index in [1.807, 2.05) is 31.2 Å². The zero-order chi connectivity index (χ0) is 10.4. The number of benzene rings is 1. The Morgan fingerprint density at radius 2 is 2.07 bits per heavy atom. The monoisotopic (exact) mass is 190 g/mol. The highest BCUT2D eigenvalue weighted by atomic mass is 16.1. The Hall–Kier alpha value is -1.31. The van der Waals surface area contributed by atoms with Crippen LogP contribution < -0.4 is 5.32 Å². The number of hydrogen-bond donors (Lipinski definition) is 1. The van der Waals surface area contributed by atoms with E-state index >= 15 is 0 Å². The van der Waals surface area contributed by atoms with Gasteiger partial charge in [-0.3, -0.25) is 4.79 Å². The molecule has 14 heavy (non-hydrogen) atoms. The highest BCUT2D eigenvalue weighted by Crippen LogP contribution is 2.09. The molecule has 0 aromatic heterocycles. The third-order valence-electron chi connectivity index (χ3n) is 2.08. The minimum absolute atomic E-state index is 0.00991. The molecule has 2 nitrogen and oxygen atoms in total. The lowest BCUT2D eigenvalue weighted by Crippen LogP contribution is -2.21. The van der Waals surface area contributed by atoms with Gasteiger partial charge in [0.25, 0.3) is 5.91 Å². The first-order chi connectivity index (χ1) is 6.79. The molecule has 1 aromatic carbocycles. The molecule has 75 valence electrons. The van der Waals surface area contributed by atoms with Crippen molar-refractivity contribution in [2.75, 3.05) is 0 Å². The number of carbonyl (C=O) groups excluding carboxylic acids is 1. The summed E-state index contributed by atoms with van der Waals surface area (Å²) in [5.74, 6) is -0.00991. The lowest BCUT2D eigenvalue weighted by molar-refractivity contribution is 0.0962. The number of amides is 1. The minimum atomic E-state index is -0.00991. The zero-order valence-corrected chi connectivity index (χ0v) is 8.71. The van der Waals surface area contributed by atoms with Gasteiger partial charge in [0.2, 0.25) is 0 Å². The van der Waals surface area contributed by atoms with E-state index in [2.05, 4.69) is 12.2 Å². The fourth-order valence-electron chi connectivity index (χ4n) is 1.32. The van der Waals surface area contributed by atoms with Crippen LogP contribution in [0.1, 0.15) is 36.2 Å². The molecule has 0 atom stereocenters. The molecule has 1 radical (unpaired) electrons. The van der Waals surface area contributed by atoms with Gasteiger partial charge in [-0.1, -0.05) is 32.0 Å². The Kier molecular flexibility index (Phi) is 4.17. The van der Waals surface area contributed by atoms with Gasteiger partial charge in [0.1, 0.15) is 0 Å². The Balaban J connectivity index is 2.78. The van der Waals surface area contributed by atoms with Gasteiger partial charge in [-0.25, -0.2) is 0 Å². The molecule has 0 spiro atoms. The molecule has 0 aliphatic carbocycles. The summed E-state index contributed by atoms with van der Waals surface area (Å²) in [6, 6.07) is 7.69. The predicted molar refractivity (Wildman–Crippen MR) is 57.9 cm³/mol. The Morgan fingerprint density at radius 3 is 2.71 bits per heavy atom. The summed E-state index contributed by atoms with van der Waals surface area (Å²) < 4.78 is 0. The van der Waals surface area contributed by atoms with Crippen molar-refractivity contribution < 1.29 is 4.79 Å². The molecule has 1 amide bonds. The summed E-state index contributed by atoms with van der Waals surface area (Å²) in [7, 11) is 0. The second-order valence-electron chi connectivity index (χ2n) is 3.10. The van der Waals surface area contributed by atoms with Crippen molar-refractivity contribution in [3.05, 3.63) is 41.9 Å². The quantitative estimate of drug-likeness (QED) is 0.776. The van der Waals surface area contributed by atoms with Crippen LogP contribution in [0.15, 0.2) is 24.3 Å². The van der Waals surface area contributed by atoms with Crippen LogP contribution in [0.4, 0.5) is 0 Å². The second kappa shape index (κ2) is 5.43. The van der Waals surface area contributed by atoms with Gasteiger partial charge in [0, 0.05) is 12.1 Å². The van der Waals surface area contributed by atoms with E-state index in [-0.39, 0.29) is 5.91 Å². The third kappa shape index (κ3) is 2.59. The van der Waals surface area contributed by atoms with Crippen molar-refractivity contribution in [3.8, 4) is 0 Å². The maximum absolute atomic E-state index is 11.6. The van der Waals surface area contributed by atoms with Crippen molar-refractivity contribution in [2.24, 2.45) is 0 Å². The van der Waals surface area contributed by atoms with E-state index in [0.29, 0.717) is 0 Å². The summed E-state index contributed by atoms with van der Waals surface area (Å²) in [6.45, 7) is 5.82. The van der Waals surface area contributed by atoms with E-state index in [0.717, 1.165) is 24.0 Å². The van der Waals surface area contributed by atoms with E-state index < -0.39 is 0 Å². The van der Waals surface area contributed by atoms with Crippen molar-refractivity contribution >= 4 is 5.91 Å². The highest BCUT2D eigenvalue weighted by molar-refractivity contribution is 5.96. The summed E-state index contributed by atoms with van der Waals surface area (Å²) in [6.07, 6.45) is 1.73. The zero-order valence-electron chi connectivity index (χ0n) is 8.71. The molecule has 2 heteroatoms. The fourth-order valence-corrected chi connectivity index (χ4v) is 1.32. The summed E-state index contributed by atoms with van der Waals surface area (Å²) >= 11 is 0. The molecule has 1 aromatic rings. The Morgan fingerprint density at radius 1 is 1.36 bits per heavy atom. The van der Waals surface area contributed by atoms with Gasteiger partial charge in [0.05, 0.1) is 0 Å². The smallest absolute Gasteiger partial charge is 0.251 e. The SMILES string of the molecule is CC[CH]NC(=O)c1ccccc1CC. The fraction of sp³-hybridized carbons (Fsp3) is 0.333. The van der Waals surface area contributed by atoms with Gasteiger partial charge < -0.3 is 5.32 Å². The average molecular weight is 190 g/mol. The minimum Gasteiger partial charge on any atom is -0.347 e. The lowest BCUT2D eigenvalue weighted by atomic mass is 10.0. The van der Waals surface area contributed by atoms with Gasteiger partial charge in [-0.05, 0) is 24.5 Å². The largest absolute Gasteiger partial charge is 0.347 e. The first-order valence-corrected chi connectivity index (χ1v) is 5.00. The molecule has 0 saturated carbocycles. The summed E-state index contributed by atoms with van der Waals surface area (Å²) in [5, 5.41) is 2.76. The molecular weight excluding hydrogens is 174 g/mol. The van der Waals surface area contributed by atoms with E-state index in [1.54, 1.807) is 6.54 Å². The lowest BCUT2D eigenvalue weighted by Gasteiger charge is -2.07. The highest BCUT2D eigenvalue weighted by Gasteiger charge is 2.07. The van der Waals surface area contributed by atoms with E-state index in [9.17, 15) is 4.79 Å². The molecule has 0 bridgehead atoms. The predicted octanol–water partition coefficient (Wildman–Crippen LogP) is 2.55. The van der Waals surface area contributed by atoms with E-state index in [1.165, 1.54) is 0 Å². The summed E-state index contributed by atoms with van der Waals surface area (Å²) in [5.41, 5.74) is 1.87. The normalized spacial score (nSPS) is 9.86. The standard InChI is InChI=1S/C12H16NO/c1-3-9-13-12(14)11-8-6-5-7-10(11)4-2/h5-9H,3-4H2,1-2H3,(H,13,14). The van der Waals surface area contributed by atoms with Crippen molar-refractivity contribution in [1.29, 1.82) is 0 Å².